The molecule has 0 bridgehead atoms. The Morgan fingerprint density at radius 2 is 2.30 bits per heavy atom. The van der Waals surface area contributed by atoms with Crippen LogP contribution in [0.3, 0.4) is 0 Å². The number of benzene rings is 1. The minimum absolute atomic E-state index is 0.0527. The highest BCUT2D eigenvalue weighted by atomic mass is 127. The van der Waals surface area contributed by atoms with Crippen LogP contribution in [0.15, 0.2) is 18.2 Å². The topological polar surface area (TPSA) is 49.4 Å². The van der Waals surface area contributed by atoms with Gasteiger partial charge < -0.3 is 10.1 Å². The van der Waals surface area contributed by atoms with E-state index in [1.54, 1.807) is 0 Å². The maximum absolute atomic E-state index is 12.1. The van der Waals surface area contributed by atoms with Crippen molar-refractivity contribution < 1.29 is 9.59 Å². The minimum atomic E-state index is -0.104. The maximum Gasteiger partial charge on any atom is 0.238 e. The molecule has 20 heavy (non-hydrogen) atoms. The molecule has 1 saturated heterocycles. The van der Waals surface area contributed by atoms with Crippen molar-refractivity contribution in [3.05, 3.63) is 27.3 Å². The number of nitrogens with zero attached hydrogens (tertiary/aromatic N) is 1. The Bertz CT molecular complexity index is 505. The largest absolute Gasteiger partial charge is 0.325 e. The van der Waals surface area contributed by atoms with E-state index in [4.69, 9.17) is 0 Å². The molecule has 0 radical (unpaired) electrons. The van der Waals surface area contributed by atoms with E-state index in [0.29, 0.717) is 0 Å². The first-order valence-electron chi connectivity index (χ1n) is 6.85. The number of amides is 1. The van der Waals surface area contributed by atoms with Gasteiger partial charge in [0.25, 0.3) is 0 Å². The van der Waals surface area contributed by atoms with Crippen LogP contribution in [0, 0.1) is 10.5 Å². The van der Waals surface area contributed by atoms with Crippen molar-refractivity contribution >= 4 is 40.5 Å². The van der Waals surface area contributed by atoms with Gasteiger partial charge >= 0.3 is 0 Å². The lowest BCUT2D eigenvalue weighted by atomic mass is 10.0. The van der Waals surface area contributed by atoms with Crippen LogP contribution in [0.5, 0.6) is 0 Å². The molecule has 1 atom stereocenters. The highest BCUT2D eigenvalue weighted by molar-refractivity contribution is 14.1. The normalized spacial score (nSPS) is 19.6. The highest BCUT2D eigenvalue weighted by Gasteiger charge is 2.23. The van der Waals surface area contributed by atoms with Gasteiger partial charge in [-0.25, -0.2) is 0 Å². The molecule has 108 valence electrons. The lowest BCUT2D eigenvalue weighted by Gasteiger charge is -2.31. The highest BCUT2D eigenvalue weighted by Crippen LogP contribution is 2.19. The number of carbonyl (C=O) groups is 2. The van der Waals surface area contributed by atoms with Crippen molar-refractivity contribution in [2.45, 2.75) is 32.2 Å². The Kier molecular flexibility index (Phi) is 5.54. The molecule has 1 amide bonds. The Morgan fingerprint density at radius 3 is 3.00 bits per heavy atom. The smallest absolute Gasteiger partial charge is 0.238 e. The molecule has 4 nitrogen and oxygen atoms in total. The number of hydrogen-bond donors (Lipinski definition) is 1. The van der Waals surface area contributed by atoms with Crippen molar-refractivity contribution in [1.82, 2.24) is 4.90 Å². The fraction of sp³-hybridized carbons (Fsp3) is 0.467. The first-order valence-corrected chi connectivity index (χ1v) is 7.93. The summed E-state index contributed by atoms with van der Waals surface area (Å²) in [6.07, 6.45) is 3.94. The summed E-state index contributed by atoms with van der Waals surface area (Å²) in [5, 5.41) is 2.93. The molecule has 1 aromatic rings. The van der Waals surface area contributed by atoms with E-state index in [2.05, 4.69) is 27.9 Å². The third-order valence-electron chi connectivity index (χ3n) is 3.63. The summed E-state index contributed by atoms with van der Waals surface area (Å²) >= 11 is 2.25. The van der Waals surface area contributed by atoms with E-state index in [1.807, 2.05) is 30.0 Å². The van der Waals surface area contributed by atoms with E-state index in [-0.39, 0.29) is 18.5 Å². The van der Waals surface area contributed by atoms with Crippen molar-refractivity contribution in [2.24, 2.45) is 0 Å². The summed E-state index contributed by atoms with van der Waals surface area (Å²) in [5.41, 5.74) is 1.89. The van der Waals surface area contributed by atoms with Gasteiger partial charge in [0, 0.05) is 9.26 Å². The van der Waals surface area contributed by atoms with Crippen LogP contribution in [0.2, 0.25) is 0 Å². The molecule has 2 rings (SSSR count). The van der Waals surface area contributed by atoms with Gasteiger partial charge in [0.1, 0.15) is 6.29 Å². The van der Waals surface area contributed by atoms with Crippen LogP contribution in [0.25, 0.3) is 0 Å². The van der Waals surface area contributed by atoms with Crippen molar-refractivity contribution in [3.8, 4) is 0 Å². The zero-order valence-corrected chi connectivity index (χ0v) is 13.7. The first-order chi connectivity index (χ1) is 9.60. The second-order valence-electron chi connectivity index (χ2n) is 5.18. The van der Waals surface area contributed by atoms with Crippen LogP contribution in [-0.2, 0) is 9.59 Å². The number of halogens is 1. The maximum atomic E-state index is 12.1. The van der Waals surface area contributed by atoms with Crippen LogP contribution >= 0.6 is 22.6 Å². The molecule has 0 saturated carbocycles. The summed E-state index contributed by atoms with van der Waals surface area (Å²) in [4.78, 5) is 25.1. The van der Waals surface area contributed by atoms with Gasteiger partial charge in [-0.1, -0.05) is 6.42 Å². The zero-order chi connectivity index (χ0) is 14.5. The average Bonchev–Trinajstić information content (AvgIpc) is 2.42. The lowest BCUT2D eigenvalue weighted by molar-refractivity contribution is -0.120. The Hall–Kier alpha value is -0.950. The molecular weight excluding hydrogens is 367 g/mol. The van der Waals surface area contributed by atoms with E-state index in [0.717, 1.165) is 46.9 Å². The summed E-state index contributed by atoms with van der Waals surface area (Å²) in [6, 6.07) is 5.82. The standard InChI is InChI=1S/C15H19IN2O2/c1-11-8-12(16)5-6-14(11)17-15(20)9-18-7-3-2-4-13(18)10-19/h5-6,8,10,13H,2-4,7,9H2,1H3,(H,17,20). The zero-order valence-electron chi connectivity index (χ0n) is 11.6. The Labute approximate surface area is 133 Å². The molecule has 0 aliphatic carbocycles. The number of piperidine rings is 1. The molecular formula is C15H19IN2O2. The average molecular weight is 386 g/mol. The van der Waals surface area contributed by atoms with Crippen molar-refractivity contribution in [1.29, 1.82) is 0 Å². The van der Waals surface area contributed by atoms with Gasteiger partial charge in [0.05, 0.1) is 12.6 Å². The second kappa shape index (κ2) is 7.17. The van der Waals surface area contributed by atoms with E-state index in [9.17, 15) is 9.59 Å². The number of nitrogens with one attached hydrogen (secondary N) is 1. The lowest BCUT2D eigenvalue weighted by Crippen LogP contribution is -2.44. The van der Waals surface area contributed by atoms with Crippen molar-refractivity contribution in [3.63, 3.8) is 0 Å². The monoisotopic (exact) mass is 386 g/mol. The minimum Gasteiger partial charge on any atom is -0.325 e. The molecule has 0 spiro atoms. The van der Waals surface area contributed by atoms with Gasteiger partial charge in [-0.2, -0.15) is 0 Å². The molecule has 1 aliphatic rings. The number of aldehydes is 1. The van der Waals surface area contributed by atoms with Crippen LogP contribution in [0.4, 0.5) is 5.69 Å². The Morgan fingerprint density at radius 1 is 1.50 bits per heavy atom. The second-order valence-corrected chi connectivity index (χ2v) is 6.42. The number of anilines is 1. The van der Waals surface area contributed by atoms with Crippen LogP contribution < -0.4 is 5.32 Å². The molecule has 1 aromatic carbocycles. The third kappa shape index (κ3) is 4.02. The molecule has 1 unspecified atom stereocenters. The molecule has 1 aliphatic heterocycles. The molecule has 5 heteroatoms. The van der Waals surface area contributed by atoms with Crippen molar-refractivity contribution in [2.75, 3.05) is 18.4 Å². The quantitative estimate of drug-likeness (QED) is 0.640. The summed E-state index contributed by atoms with van der Waals surface area (Å²) in [5.74, 6) is -0.0527. The molecule has 0 aromatic heterocycles. The number of likely N-dealkylation sites (tertiary alicyclic amines) is 1. The molecule has 1 N–H and O–H groups in total. The Balaban J connectivity index is 1.96. The number of rotatable bonds is 4. The number of hydrogen-bond acceptors (Lipinski definition) is 3. The number of aryl methyl sites for hydroxylation is 1. The van der Waals surface area contributed by atoms with Gasteiger partial charge in [-0.3, -0.25) is 9.69 Å². The van der Waals surface area contributed by atoms with Crippen LogP contribution in [-0.4, -0.2) is 36.2 Å². The fourth-order valence-electron chi connectivity index (χ4n) is 2.51. The fourth-order valence-corrected chi connectivity index (χ4v) is 3.16. The summed E-state index contributed by atoms with van der Waals surface area (Å²) in [6.45, 7) is 3.09. The van der Waals surface area contributed by atoms with Crippen LogP contribution in [0.1, 0.15) is 24.8 Å². The molecule has 1 heterocycles. The predicted octanol–water partition coefficient (Wildman–Crippen LogP) is 2.59. The van der Waals surface area contributed by atoms with E-state index >= 15 is 0 Å². The predicted molar refractivity (Wildman–Crippen MR) is 87.8 cm³/mol. The van der Waals surface area contributed by atoms with Gasteiger partial charge in [-0.15, -0.1) is 0 Å². The summed E-state index contributed by atoms with van der Waals surface area (Å²) < 4.78 is 1.15. The van der Waals surface area contributed by atoms with E-state index in [1.165, 1.54) is 0 Å². The van der Waals surface area contributed by atoms with Gasteiger partial charge in [0.2, 0.25) is 5.91 Å². The first kappa shape index (κ1) is 15.4. The van der Waals surface area contributed by atoms with Gasteiger partial charge in [0.15, 0.2) is 0 Å². The molecule has 1 fully saturated rings. The summed E-state index contributed by atoms with van der Waals surface area (Å²) in [7, 11) is 0. The third-order valence-corrected chi connectivity index (χ3v) is 4.30. The van der Waals surface area contributed by atoms with Gasteiger partial charge in [-0.05, 0) is 72.7 Å². The SMILES string of the molecule is Cc1cc(I)ccc1NC(=O)CN1CCCCC1C=O. The number of carbonyl (C=O) groups excluding carboxylic acids is 2. The van der Waals surface area contributed by atoms with E-state index < -0.39 is 0 Å².